The van der Waals surface area contributed by atoms with Crippen molar-refractivity contribution < 1.29 is 13.2 Å². The minimum absolute atomic E-state index is 0. The van der Waals surface area contributed by atoms with E-state index in [0.717, 1.165) is 17.7 Å². The summed E-state index contributed by atoms with van der Waals surface area (Å²) in [6, 6.07) is 5.90. The molecule has 0 radical (unpaired) electrons. The van der Waals surface area contributed by atoms with Gasteiger partial charge >= 0.3 is 6.18 Å². The van der Waals surface area contributed by atoms with Crippen molar-refractivity contribution in [2.75, 3.05) is 31.5 Å². The molecule has 8 heteroatoms. The van der Waals surface area contributed by atoms with Crippen LogP contribution in [0.3, 0.4) is 0 Å². The number of hydrogen-bond donors (Lipinski definition) is 2. The SMILES string of the molecule is Cc1ccc(NC(N)=NCC2CCN(CC(F)(F)F)C2)cc1C.I. The Balaban J connectivity index is 0.00000288. The van der Waals surface area contributed by atoms with Crippen molar-refractivity contribution in [1.82, 2.24) is 4.90 Å². The number of hydrogen-bond acceptors (Lipinski definition) is 2. The lowest BCUT2D eigenvalue weighted by Gasteiger charge is -2.17. The molecule has 136 valence electrons. The number of rotatable bonds is 4. The normalized spacial score (nSPS) is 19.2. The van der Waals surface area contributed by atoms with Gasteiger partial charge in [0.05, 0.1) is 6.54 Å². The van der Waals surface area contributed by atoms with E-state index in [4.69, 9.17) is 5.73 Å². The highest BCUT2D eigenvalue weighted by Gasteiger charge is 2.34. The molecule has 1 aromatic carbocycles. The number of aryl methyl sites for hydroxylation is 2. The summed E-state index contributed by atoms with van der Waals surface area (Å²) in [6.07, 6.45) is -3.42. The first-order chi connectivity index (χ1) is 10.7. The summed E-state index contributed by atoms with van der Waals surface area (Å²) >= 11 is 0. The molecule has 3 N–H and O–H groups in total. The number of nitrogens with two attached hydrogens (primary N) is 1. The van der Waals surface area contributed by atoms with Crippen LogP contribution in [0.1, 0.15) is 17.5 Å². The first-order valence-corrected chi connectivity index (χ1v) is 7.66. The topological polar surface area (TPSA) is 53.6 Å². The van der Waals surface area contributed by atoms with Crippen LogP contribution in [-0.4, -0.2) is 43.2 Å². The molecule has 1 fully saturated rings. The second-order valence-corrected chi connectivity index (χ2v) is 6.15. The smallest absolute Gasteiger partial charge is 0.370 e. The van der Waals surface area contributed by atoms with Crippen LogP contribution >= 0.6 is 24.0 Å². The minimum Gasteiger partial charge on any atom is -0.370 e. The Kier molecular flexibility index (Phi) is 7.78. The van der Waals surface area contributed by atoms with Gasteiger partial charge in [0.1, 0.15) is 0 Å². The average Bonchev–Trinajstić information content (AvgIpc) is 2.86. The molecule has 1 atom stereocenters. The number of likely N-dealkylation sites (tertiary alicyclic amines) is 1. The van der Waals surface area contributed by atoms with Gasteiger partial charge in [0.15, 0.2) is 5.96 Å². The highest BCUT2D eigenvalue weighted by Crippen LogP contribution is 2.23. The van der Waals surface area contributed by atoms with E-state index in [2.05, 4.69) is 10.3 Å². The number of nitrogens with one attached hydrogen (secondary N) is 1. The van der Waals surface area contributed by atoms with Crippen LogP contribution in [0, 0.1) is 19.8 Å². The van der Waals surface area contributed by atoms with Gasteiger partial charge < -0.3 is 11.1 Å². The fraction of sp³-hybridized carbons (Fsp3) is 0.562. The monoisotopic (exact) mass is 456 g/mol. The number of nitrogens with zero attached hydrogens (tertiary/aromatic N) is 2. The molecule has 0 bridgehead atoms. The predicted octanol–water partition coefficient (Wildman–Crippen LogP) is 3.53. The molecule has 4 nitrogen and oxygen atoms in total. The molecule has 0 aromatic heterocycles. The number of guanidine groups is 1. The van der Waals surface area contributed by atoms with Gasteiger partial charge in [-0.2, -0.15) is 13.2 Å². The molecular formula is C16H24F3IN4. The fourth-order valence-electron chi connectivity index (χ4n) is 2.69. The Bertz CT molecular complexity index is 575. The van der Waals surface area contributed by atoms with Gasteiger partial charge in [-0.15, -0.1) is 24.0 Å². The van der Waals surface area contributed by atoms with E-state index < -0.39 is 12.7 Å². The Labute approximate surface area is 157 Å². The van der Waals surface area contributed by atoms with Gasteiger partial charge in [0, 0.05) is 18.8 Å². The zero-order valence-electron chi connectivity index (χ0n) is 13.9. The van der Waals surface area contributed by atoms with Crippen LogP contribution in [-0.2, 0) is 0 Å². The van der Waals surface area contributed by atoms with Crippen molar-refractivity contribution in [1.29, 1.82) is 0 Å². The summed E-state index contributed by atoms with van der Waals surface area (Å²) in [7, 11) is 0. The van der Waals surface area contributed by atoms with E-state index in [0.29, 0.717) is 25.6 Å². The van der Waals surface area contributed by atoms with Gasteiger partial charge in [-0.05, 0) is 56.0 Å². The van der Waals surface area contributed by atoms with Gasteiger partial charge in [0.2, 0.25) is 0 Å². The zero-order valence-corrected chi connectivity index (χ0v) is 16.2. The summed E-state index contributed by atoms with van der Waals surface area (Å²) in [5.41, 5.74) is 9.06. The molecule has 1 saturated heterocycles. The number of benzene rings is 1. The molecule has 0 amide bonds. The van der Waals surface area contributed by atoms with E-state index in [1.807, 2.05) is 32.0 Å². The number of alkyl halides is 3. The highest BCUT2D eigenvalue weighted by atomic mass is 127. The molecule has 24 heavy (non-hydrogen) atoms. The number of anilines is 1. The van der Waals surface area contributed by atoms with Crippen molar-refractivity contribution in [2.24, 2.45) is 16.6 Å². The van der Waals surface area contributed by atoms with E-state index in [9.17, 15) is 13.2 Å². The third-order valence-corrected chi connectivity index (χ3v) is 4.07. The van der Waals surface area contributed by atoms with Crippen LogP contribution in [0.4, 0.5) is 18.9 Å². The zero-order chi connectivity index (χ0) is 17.0. The maximum atomic E-state index is 12.4. The molecule has 1 unspecified atom stereocenters. The van der Waals surface area contributed by atoms with Gasteiger partial charge in [-0.25, -0.2) is 0 Å². The standard InChI is InChI=1S/C16H23F3N4.HI/c1-11-3-4-14(7-12(11)2)22-15(20)21-8-13-5-6-23(9-13)10-16(17,18)19;/h3-4,7,13H,5-6,8-10H2,1-2H3,(H3,20,21,22);1H. The summed E-state index contributed by atoms with van der Waals surface area (Å²) in [4.78, 5) is 5.68. The van der Waals surface area contributed by atoms with Crippen LogP contribution in [0.25, 0.3) is 0 Å². The predicted molar refractivity (Wildman–Crippen MR) is 102 cm³/mol. The maximum Gasteiger partial charge on any atom is 0.401 e. The molecule has 2 rings (SSSR count). The third kappa shape index (κ3) is 6.84. The van der Waals surface area contributed by atoms with Crippen molar-refractivity contribution in [3.63, 3.8) is 0 Å². The molecule has 0 aliphatic carbocycles. The molecule has 0 saturated carbocycles. The second-order valence-electron chi connectivity index (χ2n) is 6.15. The summed E-state index contributed by atoms with van der Waals surface area (Å²) in [5.74, 6) is 0.417. The summed E-state index contributed by atoms with van der Waals surface area (Å²) < 4.78 is 37.1. The average molecular weight is 456 g/mol. The molecule has 1 aliphatic rings. The molecular weight excluding hydrogens is 432 g/mol. The Morgan fingerprint density at radius 2 is 2.04 bits per heavy atom. The Morgan fingerprint density at radius 1 is 1.33 bits per heavy atom. The van der Waals surface area contributed by atoms with E-state index >= 15 is 0 Å². The quantitative estimate of drug-likeness (QED) is 0.414. The third-order valence-electron chi connectivity index (χ3n) is 4.07. The highest BCUT2D eigenvalue weighted by molar-refractivity contribution is 14.0. The lowest BCUT2D eigenvalue weighted by Crippen LogP contribution is -2.32. The maximum absolute atomic E-state index is 12.4. The van der Waals surface area contributed by atoms with E-state index in [1.54, 1.807) is 0 Å². The molecule has 1 aromatic rings. The first kappa shape index (κ1) is 21.0. The van der Waals surface area contributed by atoms with Crippen LogP contribution in [0.2, 0.25) is 0 Å². The van der Waals surface area contributed by atoms with Crippen LogP contribution in [0.15, 0.2) is 23.2 Å². The molecule has 1 aliphatic heterocycles. The molecule has 1 heterocycles. The van der Waals surface area contributed by atoms with Crippen molar-refractivity contribution in [3.8, 4) is 0 Å². The Hall–Kier alpha value is -1.03. The van der Waals surface area contributed by atoms with Crippen LogP contribution < -0.4 is 11.1 Å². The first-order valence-electron chi connectivity index (χ1n) is 7.66. The lowest BCUT2D eigenvalue weighted by molar-refractivity contribution is -0.143. The second kappa shape index (κ2) is 8.89. The molecule has 0 spiro atoms. The number of halogens is 4. The summed E-state index contributed by atoms with van der Waals surface area (Å²) in [6.45, 7) is 4.52. The van der Waals surface area contributed by atoms with Crippen molar-refractivity contribution in [2.45, 2.75) is 26.4 Å². The van der Waals surface area contributed by atoms with Crippen molar-refractivity contribution in [3.05, 3.63) is 29.3 Å². The number of aliphatic imine (C=N–C) groups is 1. The van der Waals surface area contributed by atoms with E-state index in [1.165, 1.54) is 10.5 Å². The Morgan fingerprint density at radius 3 is 2.67 bits per heavy atom. The van der Waals surface area contributed by atoms with Gasteiger partial charge in [-0.1, -0.05) is 6.07 Å². The lowest BCUT2D eigenvalue weighted by atomic mass is 10.1. The minimum atomic E-state index is -4.14. The van der Waals surface area contributed by atoms with E-state index in [-0.39, 0.29) is 29.9 Å². The van der Waals surface area contributed by atoms with Crippen LogP contribution in [0.5, 0.6) is 0 Å². The van der Waals surface area contributed by atoms with Gasteiger partial charge in [0.25, 0.3) is 0 Å². The fourth-order valence-corrected chi connectivity index (χ4v) is 2.69. The van der Waals surface area contributed by atoms with Gasteiger partial charge in [-0.3, -0.25) is 9.89 Å². The summed E-state index contributed by atoms with van der Waals surface area (Å²) in [5, 5.41) is 3.02. The largest absolute Gasteiger partial charge is 0.401 e. The van der Waals surface area contributed by atoms with Crippen molar-refractivity contribution >= 4 is 35.6 Å².